The molecule has 0 unspecified atom stereocenters. The Morgan fingerprint density at radius 2 is 2.43 bits per heavy atom. The molecule has 0 saturated carbocycles. The van der Waals surface area contributed by atoms with Crippen LogP contribution in [0.5, 0.6) is 0 Å². The molecule has 1 heterocycles. The maximum absolute atomic E-state index is 3.30. The summed E-state index contributed by atoms with van der Waals surface area (Å²) >= 11 is 0. The molecule has 0 saturated heterocycles. The van der Waals surface area contributed by atoms with E-state index in [0.717, 1.165) is 6.54 Å². The maximum atomic E-state index is 3.30. The predicted molar refractivity (Wildman–Crippen MR) is 31.2 cm³/mol. The van der Waals surface area contributed by atoms with Gasteiger partial charge in [0.2, 0.25) is 0 Å². The van der Waals surface area contributed by atoms with Gasteiger partial charge in [-0.1, -0.05) is 12.2 Å². The fraction of sp³-hybridized carbons (Fsp3) is 0.667. The van der Waals surface area contributed by atoms with Crippen molar-refractivity contribution in [2.45, 2.75) is 19.4 Å². The van der Waals surface area contributed by atoms with Crippen LogP contribution in [0.25, 0.3) is 0 Å². The molecule has 1 heteroatoms. The van der Waals surface area contributed by atoms with Gasteiger partial charge >= 0.3 is 0 Å². The minimum atomic E-state index is 0.699. The average Bonchev–Trinajstić information content (AvgIpc) is 1.69. The van der Waals surface area contributed by atoms with E-state index in [-0.39, 0.29) is 0 Å². The lowest BCUT2D eigenvalue weighted by atomic mass is 10.2. The first-order chi connectivity index (χ1) is 3.39. The molecule has 0 bridgehead atoms. The van der Waals surface area contributed by atoms with Crippen LogP contribution in [0.1, 0.15) is 13.3 Å². The molecule has 1 aliphatic rings. The highest BCUT2D eigenvalue weighted by atomic mass is 14.9. The van der Waals surface area contributed by atoms with Crippen molar-refractivity contribution >= 4 is 0 Å². The highest BCUT2D eigenvalue weighted by Gasteiger charge is 1.98. The van der Waals surface area contributed by atoms with Gasteiger partial charge in [-0.05, 0) is 13.3 Å². The third kappa shape index (κ3) is 1.32. The van der Waals surface area contributed by atoms with Crippen molar-refractivity contribution < 1.29 is 0 Å². The van der Waals surface area contributed by atoms with Crippen molar-refractivity contribution in [3.63, 3.8) is 0 Å². The molecule has 0 spiro atoms. The van der Waals surface area contributed by atoms with Crippen LogP contribution in [0.4, 0.5) is 0 Å². The molecule has 0 aromatic rings. The van der Waals surface area contributed by atoms with Crippen LogP contribution in [0.15, 0.2) is 12.2 Å². The van der Waals surface area contributed by atoms with Crippen LogP contribution in [-0.2, 0) is 0 Å². The van der Waals surface area contributed by atoms with Crippen LogP contribution in [-0.4, -0.2) is 12.6 Å². The zero-order valence-corrected chi connectivity index (χ0v) is 4.65. The molecule has 1 N–H and O–H groups in total. The Bertz CT molecular complexity index is 76.2. The van der Waals surface area contributed by atoms with E-state index < -0.39 is 0 Å². The second-order valence-corrected chi connectivity index (χ2v) is 2.02. The highest BCUT2D eigenvalue weighted by Crippen LogP contribution is 1.95. The van der Waals surface area contributed by atoms with Crippen molar-refractivity contribution in [2.75, 3.05) is 6.54 Å². The summed E-state index contributed by atoms with van der Waals surface area (Å²) in [5.74, 6) is 0. The average molecular weight is 97.2 g/mol. The lowest BCUT2D eigenvalue weighted by Gasteiger charge is -2.12. The second kappa shape index (κ2) is 2.12. The molecular formula is C6H11N. The van der Waals surface area contributed by atoms with Gasteiger partial charge in [-0.15, -0.1) is 0 Å². The third-order valence-corrected chi connectivity index (χ3v) is 1.24. The van der Waals surface area contributed by atoms with Crippen LogP contribution in [0.3, 0.4) is 0 Å². The molecule has 40 valence electrons. The van der Waals surface area contributed by atoms with E-state index in [1.807, 2.05) is 0 Å². The summed E-state index contributed by atoms with van der Waals surface area (Å²) in [6, 6.07) is 0.699. The Labute approximate surface area is 44.4 Å². The van der Waals surface area contributed by atoms with Crippen LogP contribution >= 0.6 is 0 Å². The van der Waals surface area contributed by atoms with E-state index in [9.17, 15) is 0 Å². The van der Waals surface area contributed by atoms with Gasteiger partial charge in [0.05, 0.1) is 0 Å². The molecule has 0 radical (unpaired) electrons. The van der Waals surface area contributed by atoms with Crippen molar-refractivity contribution in [1.82, 2.24) is 5.32 Å². The SMILES string of the molecule is C[C@H]1CC=CCN1. The Hall–Kier alpha value is -0.300. The largest absolute Gasteiger partial charge is 0.310 e. The predicted octanol–water partition coefficient (Wildman–Crippen LogP) is 0.924. The molecule has 1 rings (SSSR count). The molecule has 0 aliphatic carbocycles. The molecule has 0 aromatic heterocycles. The second-order valence-electron chi connectivity index (χ2n) is 2.02. The summed E-state index contributed by atoms with van der Waals surface area (Å²) < 4.78 is 0. The topological polar surface area (TPSA) is 12.0 Å². The zero-order chi connectivity index (χ0) is 5.11. The first-order valence-electron chi connectivity index (χ1n) is 2.78. The van der Waals surface area contributed by atoms with Crippen molar-refractivity contribution in [3.8, 4) is 0 Å². The standard InChI is InChI=1S/C6H11N/c1-6-4-2-3-5-7-6/h2-3,6-7H,4-5H2,1H3/t6-/m0/s1. The van der Waals surface area contributed by atoms with Crippen molar-refractivity contribution in [1.29, 1.82) is 0 Å². The van der Waals surface area contributed by atoms with Crippen LogP contribution < -0.4 is 5.32 Å². The summed E-state index contributed by atoms with van der Waals surface area (Å²) in [7, 11) is 0. The molecule has 0 fully saturated rings. The first kappa shape index (κ1) is 4.85. The molecule has 1 atom stereocenters. The van der Waals surface area contributed by atoms with E-state index in [4.69, 9.17) is 0 Å². The summed E-state index contributed by atoms with van der Waals surface area (Å²) in [5, 5.41) is 3.30. The summed E-state index contributed by atoms with van der Waals surface area (Å²) in [4.78, 5) is 0. The summed E-state index contributed by atoms with van der Waals surface area (Å²) in [5.41, 5.74) is 0. The maximum Gasteiger partial charge on any atom is 0.0137 e. The zero-order valence-electron chi connectivity index (χ0n) is 4.65. The Kier molecular flexibility index (Phi) is 1.47. The smallest absolute Gasteiger partial charge is 0.0137 e. The molecule has 1 aliphatic heterocycles. The molecule has 7 heavy (non-hydrogen) atoms. The quantitative estimate of drug-likeness (QED) is 0.443. The van der Waals surface area contributed by atoms with Gasteiger partial charge in [0.1, 0.15) is 0 Å². The number of nitrogens with one attached hydrogen (secondary N) is 1. The van der Waals surface area contributed by atoms with E-state index in [1.165, 1.54) is 6.42 Å². The molecule has 1 nitrogen and oxygen atoms in total. The van der Waals surface area contributed by atoms with Gasteiger partial charge in [0.15, 0.2) is 0 Å². The van der Waals surface area contributed by atoms with Crippen molar-refractivity contribution in [2.24, 2.45) is 0 Å². The Balaban J connectivity index is 2.32. The minimum absolute atomic E-state index is 0.699. The van der Waals surface area contributed by atoms with Gasteiger partial charge in [0, 0.05) is 12.6 Å². The van der Waals surface area contributed by atoms with E-state index in [0.29, 0.717) is 6.04 Å². The summed E-state index contributed by atoms with van der Waals surface area (Å²) in [6.45, 7) is 3.25. The number of hydrogen-bond donors (Lipinski definition) is 1. The van der Waals surface area contributed by atoms with Gasteiger partial charge < -0.3 is 5.32 Å². The first-order valence-corrected chi connectivity index (χ1v) is 2.78. The monoisotopic (exact) mass is 97.1 g/mol. The third-order valence-electron chi connectivity index (χ3n) is 1.24. The minimum Gasteiger partial charge on any atom is -0.310 e. The lowest BCUT2D eigenvalue weighted by molar-refractivity contribution is 0.570. The molecular weight excluding hydrogens is 86.1 g/mol. The van der Waals surface area contributed by atoms with Crippen LogP contribution in [0.2, 0.25) is 0 Å². The molecule has 0 aromatic carbocycles. The fourth-order valence-corrected chi connectivity index (χ4v) is 0.736. The van der Waals surface area contributed by atoms with Crippen molar-refractivity contribution in [3.05, 3.63) is 12.2 Å². The fourth-order valence-electron chi connectivity index (χ4n) is 0.736. The van der Waals surface area contributed by atoms with E-state index in [2.05, 4.69) is 24.4 Å². The van der Waals surface area contributed by atoms with Crippen LogP contribution in [0, 0.1) is 0 Å². The number of hydrogen-bond acceptors (Lipinski definition) is 1. The van der Waals surface area contributed by atoms with Gasteiger partial charge in [0.25, 0.3) is 0 Å². The highest BCUT2D eigenvalue weighted by molar-refractivity contribution is 4.92. The number of rotatable bonds is 0. The van der Waals surface area contributed by atoms with Gasteiger partial charge in [-0.25, -0.2) is 0 Å². The lowest BCUT2D eigenvalue weighted by Crippen LogP contribution is -2.27. The van der Waals surface area contributed by atoms with E-state index in [1.54, 1.807) is 0 Å². The van der Waals surface area contributed by atoms with Gasteiger partial charge in [-0.3, -0.25) is 0 Å². The summed E-state index contributed by atoms with van der Waals surface area (Å²) in [6.07, 6.45) is 5.58. The Morgan fingerprint density at radius 3 is 2.71 bits per heavy atom. The van der Waals surface area contributed by atoms with Gasteiger partial charge in [-0.2, -0.15) is 0 Å². The Morgan fingerprint density at radius 1 is 1.57 bits per heavy atom. The van der Waals surface area contributed by atoms with E-state index >= 15 is 0 Å². The normalized spacial score (nSPS) is 30.7. The molecule has 0 amide bonds.